The predicted octanol–water partition coefficient (Wildman–Crippen LogP) is 2.53. The summed E-state index contributed by atoms with van der Waals surface area (Å²) < 4.78 is 12.9. The molecule has 0 spiro atoms. The van der Waals surface area contributed by atoms with Gasteiger partial charge in [0.1, 0.15) is 0 Å². The molecule has 0 saturated heterocycles. The second-order valence-corrected chi connectivity index (χ2v) is 4.81. The van der Waals surface area contributed by atoms with E-state index in [4.69, 9.17) is 0 Å². The molecule has 1 aromatic rings. The summed E-state index contributed by atoms with van der Waals surface area (Å²) in [7, 11) is 0. The second kappa shape index (κ2) is 5.25. The van der Waals surface area contributed by atoms with Crippen molar-refractivity contribution in [2.24, 2.45) is 5.92 Å². The summed E-state index contributed by atoms with van der Waals surface area (Å²) in [5.41, 5.74) is 0.343. The number of rotatable bonds is 2. The van der Waals surface area contributed by atoms with Crippen LogP contribution in [0.15, 0.2) is 18.3 Å². The molecule has 1 amide bonds. The number of halogens is 1. The molecule has 0 radical (unpaired) electrons. The van der Waals surface area contributed by atoms with E-state index in [0.717, 1.165) is 19.3 Å². The normalized spacial score (nSPS) is 24.4. The van der Waals surface area contributed by atoms with Gasteiger partial charge >= 0.3 is 0 Å². The van der Waals surface area contributed by atoms with Crippen molar-refractivity contribution in [1.29, 1.82) is 0 Å². The predicted molar refractivity (Wildman–Crippen MR) is 63.1 cm³/mol. The van der Waals surface area contributed by atoms with Crippen molar-refractivity contribution >= 4 is 5.91 Å². The molecule has 2 atom stereocenters. The summed E-state index contributed by atoms with van der Waals surface area (Å²) >= 11 is 0. The van der Waals surface area contributed by atoms with Gasteiger partial charge in [-0.3, -0.25) is 4.79 Å². The van der Waals surface area contributed by atoms with Crippen molar-refractivity contribution < 1.29 is 9.18 Å². The van der Waals surface area contributed by atoms with E-state index in [-0.39, 0.29) is 11.9 Å². The average Bonchev–Trinajstić information content (AvgIpc) is 2.29. The first-order valence-corrected chi connectivity index (χ1v) is 6.07. The van der Waals surface area contributed by atoms with Crippen LogP contribution in [0, 0.1) is 11.9 Å². The quantitative estimate of drug-likeness (QED) is 0.802. The van der Waals surface area contributed by atoms with Gasteiger partial charge in [-0.1, -0.05) is 19.8 Å². The number of hydrogen-bond donors (Lipinski definition) is 1. The van der Waals surface area contributed by atoms with E-state index in [1.165, 1.54) is 24.8 Å². The highest BCUT2D eigenvalue weighted by Gasteiger charge is 2.20. The van der Waals surface area contributed by atoms with Crippen molar-refractivity contribution in [2.75, 3.05) is 0 Å². The van der Waals surface area contributed by atoms with E-state index in [2.05, 4.69) is 17.2 Å². The summed E-state index contributed by atoms with van der Waals surface area (Å²) in [5.74, 6) is -0.164. The van der Waals surface area contributed by atoms with Gasteiger partial charge in [0.15, 0.2) is 0 Å². The Balaban J connectivity index is 1.97. The first-order chi connectivity index (χ1) is 8.15. The molecule has 0 aliphatic heterocycles. The van der Waals surface area contributed by atoms with Gasteiger partial charge in [0, 0.05) is 23.9 Å². The first-order valence-electron chi connectivity index (χ1n) is 6.07. The monoisotopic (exact) mass is 236 g/mol. The van der Waals surface area contributed by atoms with Crippen molar-refractivity contribution in [3.8, 4) is 0 Å². The summed E-state index contributed by atoms with van der Waals surface area (Å²) in [5, 5.41) is 2.96. The molecule has 92 valence electrons. The lowest BCUT2D eigenvalue weighted by Crippen LogP contribution is -2.38. The van der Waals surface area contributed by atoms with Crippen molar-refractivity contribution in [3.63, 3.8) is 0 Å². The minimum absolute atomic E-state index is 0.203. The summed E-state index contributed by atoms with van der Waals surface area (Å²) in [6.45, 7) is 2.20. The first kappa shape index (κ1) is 12.0. The lowest BCUT2D eigenvalue weighted by atomic mass is 9.87. The fraction of sp³-hybridized carbons (Fsp3) is 0.538. The third-order valence-electron chi connectivity index (χ3n) is 3.26. The molecular formula is C13H17FN2O. The maximum Gasteiger partial charge on any atom is 0.251 e. The number of pyridine rings is 1. The Morgan fingerprint density at radius 3 is 3.06 bits per heavy atom. The van der Waals surface area contributed by atoms with Crippen LogP contribution in [0.5, 0.6) is 0 Å². The highest BCUT2D eigenvalue weighted by molar-refractivity contribution is 5.94. The Bertz CT molecular complexity index is 408. The topological polar surface area (TPSA) is 42.0 Å². The van der Waals surface area contributed by atoms with E-state index >= 15 is 0 Å². The van der Waals surface area contributed by atoms with Crippen LogP contribution in [0.2, 0.25) is 0 Å². The van der Waals surface area contributed by atoms with Crippen LogP contribution in [-0.4, -0.2) is 16.9 Å². The van der Waals surface area contributed by atoms with Crippen LogP contribution in [0.1, 0.15) is 43.0 Å². The molecule has 1 N–H and O–H groups in total. The lowest BCUT2D eigenvalue weighted by molar-refractivity contribution is 0.0920. The molecule has 1 fully saturated rings. The minimum atomic E-state index is -0.616. The number of carbonyl (C=O) groups is 1. The number of amides is 1. The van der Waals surface area contributed by atoms with Gasteiger partial charge in [-0.2, -0.15) is 4.39 Å². The smallest absolute Gasteiger partial charge is 0.251 e. The van der Waals surface area contributed by atoms with Gasteiger partial charge in [0.25, 0.3) is 5.91 Å². The Kier molecular flexibility index (Phi) is 3.71. The fourth-order valence-corrected chi connectivity index (χ4v) is 2.38. The zero-order valence-corrected chi connectivity index (χ0v) is 9.95. The molecule has 0 bridgehead atoms. The standard InChI is InChI=1S/C13H17FN2O/c1-9-3-2-4-11(7-9)16-13(17)10-5-6-15-12(14)8-10/h5-6,8-9,11H,2-4,7H2,1H3,(H,16,17)/t9-,11+/m1/s1. The van der Waals surface area contributed by atoms with Crippen molar-refractivity contribution in [2.45, 2.75) is 38.6 Å². The van der Waals surface area contributed by atoms with Crippen LogP contribution in [0.25, 0.3) is 0 Å². The lowest BCUT2D eigenvalue weighted by Gasteiger charge is -2.27. The Labute approximate surface area is 100 Å². The van der Waals surface area contributed by atoms with Gasteiger partial charge in [-0.15, -0.1) is 0 Å². The third-order valence-corrected chi connectivity index (χ3v) is 3.26. The Hall–Kier alpha value is -1.45. The van der Waals surface area contributed by atoms with Crippen LogP contribution in [0.3, 0.4) is 0 Å². The fourth-order valence-electron chi connectivity index (χ4n) is 2.38. The summed E-state index contributed by atoms with van der Waals surface area (Å²) in [6, 6.07) is 2.93. The number of hydrogen-bond acceptors (Lipinski definition) is 2. The van der Waals surface area contributed by atoms with Crippen LogP contribution >= 0.6 is 0 Å². The maximum absolute atomic E-state index is 12.9. The van der Waals surface area contributed by atoms with Crippen molar-refractivity contribution in [3.05, 3.63) is 29.8 Å². The van der Waals surface area contributed by atoms with E-state index in [0.29, 0.717) is 11.5 Å². The van der Waals surface area contributed by atoms with Crippen LogP contribution in [0.4, 0.5) is 4.39 Å². The van der Waals surface area contributed by atoms with Gasteiger partial charge in [0.05, 0.1) is 0 Å². The largest absolute Gasteiger partial charge is 0.349 e. The molecule has 1 aromatic heterocycles. The van der Waals surface area contributed by atoms with E-state index in [1.54, 1.807) is 0 Å². The van der Waals surface area contributed by atoms with Crippen LogP contribution in [-0.2, 0) is 0 Å². The highest BCUT2D eigenvalue weighted by Crippen LogP contribution is 2.23. The number of aromatic nitrogens is 1. The highest BCUT2D eigenvalue weighted by atomic mass is 19.1. The number of carbonyl (C=O) groups excluding carboxylic acids is 1. The third kappa shape index (κ3) is 3.25. The van der Waals surface area contributed by atoms with E-state index in [9.17, 15) is 9.18 Å². The van der Waals surface area contributed by atoms with E-state index < -0.39 is 5.95 Å². The van der Waals surface area contributed by atoms with Gasteiger partial charge in [0.2, 0.25) is 5.95 Å². The molecule has 0 unspecified atom stereocenters. The van der Waals surface area contributed by atoms with Gasteiger partial charge < -0.3 is 5.32 Å². The zero-order chi connectivity index (χ0) is 12.3. The molecule has 1 heterocycles. The molecule has 1 aliphatic rings. The molecule has 0 aromatic carbocycles. The molecule has 1 saturated carbocycles. The zero-order valence-electron chi connectivity index (χ0n) is 9.95. The minimum Gasteiger partial charge on any atom is -0.349 e. The molecular weight excluding hydrogens is 219 g/mol. The number of nitrogens with zero attached hydrogens (tertiary/aromatic N) is 1. The maximum atomic E-state index is 12.9. The molecule has 3 nitrogen and oxygen atoms in total. The summed E-state index contributed by atoms with van der Waals surface area (Å²) in [4.78, 5) is 15.3. The number of nitrogens with one attached hydrogen (secondary N) is 1. The molecule has 17 heavy (non-hydrogen) atoms. The SMILES string of the molecule is C[C@@H]1CCC[C@H](NC(=O)c2ccnc(F)c2)C1. The average molecular weight is 236 g/mol. The molecule has 4 heteroatoms. The molecule has 1 aliphatic carbocycles. The second-order valence-electron chi connectivity index (χ2n) is 4.81. The van der Waals surface area contributed by atoms with Crippen LogP contribution < -0.4 is 5.32 Å². The molecule has 2 rings (SSSR count). The Morgan fingerprint density at radius 2 is 2.35 bits per heavy atom. The summed E-state index contributed by atoms with van der Waals surface area (Å²) in [6.07, 6.45) is 5.73. The van der Waals surface area contributed by atoms with E-state index in [1.807, 2.05) is 0 Å². The van der Waals surface area contributed by atoms with Gasteiger partial charge in [-0.05, 0) is 24.8 Å². The van der Waals surface area contributed by atoms with Crippen molar-refractivity contribution in [1.82, 2.24) is 10.3 Å². The Morgan fingerprint density at radius 1 is 1.53 bits per heavy atom. The van der Waals surface area contributed by atoms with Gasteiger partial charge in [-0.25, -0.2) is 4.98 Å².